The Morgan fingerprint density at radius 3 is 3.07 bits per heavy atom. The van der Waals surface area contributed by atoms with Crippen LogP contribution in [0.3, 0.4) is 0 Å². The third-order valence-electron chi connectivity index (χ3n) is 1.67. The smallest absolute Gasteiger partial charge is 0.430 e. The molecule has 0 bridgehead atoms. The van der Waals surface area contributed by atoms with Crippen LogP contribution in [-0.4, -0.2) is 42.5 Å². The van der Waals surface area contributed by atoms with Crippen molar-refractivity contribution >= 4 is 17.9 Å². The lowest BCUT2D eigenvalue weighted by Gasteiger charge is -2.25. The van der Waals surface area contributed by atoms with Crippen LogP contribution in [0.4, 0.5) is 4.79 Å². The molecular formula is C7H11N3O4. The van der Waals surface area contributed by atoms with Gasteiger partial charge in [0.15, 0.2) is 0 Å². The maximum Gasteiger partial charge on any atom is 0.430 e. The summed E-state index contributed by atoms with van der Waals surface area (Å²) in [7, 11) is 0. The number of carbonyl (C=O) groups is 2. The van der Waals surface area contributed by atoms with Crippen LogP contribution in [0.15, 0.2) is 5.16 Å². The van der Waals surface area contributed by atoms with Gasteiger partial charge in [-0.2, -0.15) is 0 Å². The molecule has 1 rings (SSSR count). The van der Waals surface area contributed by atoms with E-state index in [0.717, 1.165) is 0 Å². The Bertz CT molecular complexity index is 276. The van der Waals surface area contributed by atoms with Gasteiger partial charge < -0.3 is 15.4 Å². The van der Waals surface area contributed by atoms with Crippen LogP contribution in [0.1, 0.15) is 6.92 Å². The Morgan fingerprint density at radius 1 is 1.79 bits per heavy atom. The van der Waals surface area contributed by atoms with E-state index in [4.69, 9.17) is 4.74 Å². The molecule has 1 fully saturated rings. The lowest BCUT2D eigenvalue weighted by Crippen LogP contribution is -2.45. The molecule has 0 aromatic carbocycles. The van der Waals surface area contributed by atoms with E-state index in [1.54, 1.807) is 0 Å². The van der Waals surface area contributed by atoms with E-state index in [-0.39, 0.29) is 5.90 Å². The second-order valence-electron chi connectivity index (χ2n) is 2.54. The van der Waals surface area contributed by atoms with Gasteiger partial charge in [-0.05, 0) is 12.1 Å². The number of rotatable bonds is 2. The minimum atomic E-state index is -1.08. The Labute approximate surface area is 80.4 Å². The van der Waals surface area contributed by atoms with Crippen LogP contribution in [0.2, 0.25) is 0 Å². The molecule has 0 aromatic heterocycles. The Morgan fingerprint density at radius 2 is 2.50 bits per heavy atom. The zero-order chi connectivity index (χ0) is 10.6. The van der Waals surface area contributed by atoms with Gasteiger partial charge in [-0.1, -0.05) is 0 Å². The molecule has 1 heterocycles. The fraction of sp³-hybridized carbons (Fsp3) is 0.571. The minimum Gasteiger partial charge on any atom is -0.470 e. The first-order valence-electron chi connectivity index (χ1n) is 4.11. The van der Waals surface area contributed by atoms with E-state index in [0.29, 0.717) is 19.7 Å². The molecule has 0 aliphatic carbocycles. The van der Waals surface area contributed by atoms with Gasteiger partial charge in [0.1, 0.15) is 6.61 Å². The largest absolute Gasteiger partial charge is 0.470 e. The molecule has 0 unspecified atom stereocenters. The third-order valence-corrected chi connectivity index (χ3v) is 1.67. The van der Waals surface area contributed by atoms with Crippen molar-refractivity contribution in [3.05, 3.63) is 0 Å². The maximum atomic E-state index is 11.4. The Hall–Kier alpha value is -1.79. The van der Waals surface area contributed by atoms with Crippen molar-refractivity contribution in [3.8, 4) is 0 Å². The molecule has 2 N–H and O–H groups in total. The zero-order valence-electron chi connectivity index (χ0n) is 7.73. The number of hydrogen-bond acceptors (Lipinski definition) is 5. The number of oxime groups is 1. The summed E-state index contributed by atoms with van der Waals surface area (Å²) in [5, 5.41) is 3.19. The molecule has 0 atom stereocenters. The number of amides is 2. The maximum absolute atomic E-state index is 11.4. The molecule has 78 valence electrons. The number of likely N-dealkylation sites (N-methyl/N-ethyl adjacent to an activating group) is 1. The van der Waals surface area contributed by atoms with Gasteiger partial charge in [-0.25, -0.2) is 4.79 Å². The van der Waals surface area contributed by atoms with Crippen molar-refractivity contribution in [2.75, 3.05) is 19.7 Å². The van der Waals surface area contributed by atoms with Crippen molar-refractivity contribution in [2.24, 2.45) is 10.9 Å². The highest BCUT2D eigenvalue weighted by atomic mass is 16.7. The molecule has 0 saturated carbocycles. The second kappa shape index (κ2) is 4.45. The number of ether oxygens (including phenoxy) is 1. The number of hydrogen-bond donors (Lipinski definition) is 1. The van der Waals surface area contributed by atoms with Crippen LogP contribution in [0, 0.1) is 0 Å². The predicted octanol–water partition coefficient (Wildman–Crippen LogP) is -0.726. The standard InChI is InChI=1S/C7H11N3O4/c1-2-10-3-4-13-5(6(10)11)9-14-7(8)12/h2-4H2,1H3,(H2,8,12). The Balaban J connectivity index is 2.64. The highest BCUT2D eigenvalue weighted by Gasteiger charge is 2.26. The zero-order valence-corrected chi connectivity index (χ0v) is 7.73. The number of nitrogens with zero attached hydrogens (tertiary/aromatic N) is 2. The number of primary amides is 1. The van der Waals surface area contributed by atoms with Crippen molar-refractivity contribution < 1.29 is 19.2 Å². The van der Waals surface area contributed by atoms with Gasteiger partial charge in [0.2, 0.25) is 0 Å². The van der Waals surface area contributed by atoms with Crippen molar-refractivity contribution in [1.82, 2.24) is 4.90 Å². The average molecular weight is 201 g/mol. The van der Waals surface area contributed by atoms with Crippen LogP contribution in [0.25, 0.3) is 0 Å². The monoisotopic (exact) mass is 201 g/mol. The van der Waals surface area contributed by atoms with E-state index >= 15 is 0 Å². The number of morpholine rings is 1. The highest BCUT2D eigenvalue weighted by molar-refractivity contribution is 6.35. The van der Waals surface area contributed by atoms with Crippen molar-refractivity contribution in [3.63, 3.8) is 0 Å². The number of carbonyl (C=O) groups excluding carboxylic acids is 2. The molecule has 0 aromatic rings. The molecule has 14 heavy (non-hydrogen) atoms. The fourth-order valence-corrected chi connectivity index (χ4v) is 1.00. The van der Waals surface area contributed by atoms with Gasteiger partial charge in [-0.15, -0.1) is 0 Å². The molecule has 1 aliphatic rings. The molecule has 1 aliphatic heterocycles. The summed E-state index contributed by atoms with van der Waals surface area (Å²) >= 11 is 0. The summed E-state index contributed by atoms with van der Waals surface area (Å²) in [5.41, 5.74) is 4.67. The highest BCUT2D eigenvalue weighted by Crippen LogP contribution is 2.01. The first kappa shape index (κ1) is 10.3. The van der Waals surface area contributed by atoms with Crippen LogP contribution in [0.5, 0.6) is 0 Å². The first-order chi connectivity index (χ1) is 6.65. The van der Waals surface area contributed by atoms with E-state index in [1.165, 1.54) is 4.90 Å². The Kier molecular flexibility index (Phi) is 3.27. The molecule has 2 amide bonds. The van der Waals surface area contributed by atoms with Gasteiger partial charge in [0.25, 0.3) is 0 Å². The van der Waals surface area contributed by atoms with Gasteiger partial charge in [-0.3, -0.25) is 9.63 Å². The van der Waals surface area contributed by atoms with Crippen LogP contribution in [-0.2, 0) is 14.4 Å². The van der Waals surface area contributed by atoms with Crippen LogP contribution >= 0.6 is 0 Å². The van der Waals surface area contributed by atoms with Crippen LogP contribution < -0.4 is 5.73 Å². The summed E-state index contributed by atoms with van der Waals surface area (Å²) < 4.78 is 4.90. The molecule has 1 saturated heterocycles. The summed E-state index contributed by atoms with van der Waals surface area (Å²) in [6.45, 7) is 3.22. The summed E-state index contributed by atoms with van der Waals surface area (Å²) in [6, 6.07) is 0. The SMILES string of the molecule is CCN1CCOC(=NOC(N)=O)C1=O. The van der Waals surface area contributed by atoms with Gasteiger partial charge >= 0.3 is 17.9 Å². The summed E-state index contributed by atoms with van der Waals surface area (Å²) in [6.07, 6.45) is -1.08. The molecule has 0 spiro atoms. The van der Waals surface area contributed by atoms with E-state index in [2.05, 4.69) is 15.7 Å². The fourth-order valence-electron chi connectivity index (χ4n) is 1.00. The lowest BCUT2D eigenvalue weighted by atomic mass is 10.4. The molecule has 7 nitrogen and oxygen atoms in total. The summed E-state index contributed by atoms with van der Waals surface area (Å²) in [4.78, 5) is 27.2. The molecule has 0 radical (unpaired) electrons. The van der Waals surface area contributed by atoms with Gasteiger partial charge in [0.05, 0.1) is 6.54 Å². The quantitative estimate of drug-likeness (QED) is 0.471. The minimum absolute atomic E-state index is 0.239. The topological polar surface area (TPSA) is 94.2 Å². The van der Waals surface area contributed by atoms with Crippen molar-refractivity contribution in [2.45, 2.75) is 6.92 Å². The third kappa shape index (κ3) is 2.35. The van der Waals surface area contributed by atoms with E-state index in [9.17, 15) is 9.59 Å². The van der Waals surface area contributed by atoms with Crippen molar-refractivity contribution in [1.29, 1.82) is 0 Å². The second-order valence-corrected chi connectivity index (χ2v) is 2.54. The molecule has 7 heteroatoms. The average Bonchev–Trinajstić information content (AvgIpc) is 2.16. The lowest BCUT2D eigenvalue weighted by molar-refractivity contribution is -0.128. The van der Waals surface area contributed by atoms with Gasteiger partial charge in [0, 0.05) is 6.54 Å². The van der Waals surface area contributed by atoms with E-state index in [1.807, 2.05) is 6.92 Å². The normalized spacial score (nSPS) is 19.4. The summed E-state index contributed by atoms with van der Waals surface area (Å²) in [5.74, 6) is -0.642. The number of nitrogens with two attached hydrogens (primary N) is 1. The van der Waals surface area contributed by atoms with E-state index < -0.39 is 12.0 Å². The molecular weight excluding hydrogens is 190 g/mol. The first-order valence-corrected chi connectivity index (χ1v) is 4.11. The predicted molar refractivity (Wildman–Crippen MR) is 46.3 cm³/mol.